The quantitative estimate of drug-likeness (QED) is 0.787. The van der Waals surface area contributed by atoms with Crippen LogP contribution in [0.4, 0.5) is 4.79 Å². The highest BCUT2D eigenvalue weighted by molar-refractivity contribution is 5.74. The molecule has 1 aliphatic heterocycles. The topological polar surface area (TPSA) is 82.1 Å². The zero-order valence-electron chi connectivity index (χ0n) is 14.2. The summed E-state index contributed by atoms with van der Waals surface area (Å²) in [6.45, 7) is 4.36. The van der Waals surface area contributed by atoms with E-state index in [9.17, 15) is 9.59 Å². The van der Waals surface area contributed by atoms with Crippen molar-refractivity contribution in [3.8, 4) is 0 Å². The van der Waals surface area contributed by atoms with Gasteiger partial charge in [0.15, 0.2) is 0 Å². The van der Waals surface area contributed by atoms with Crippen LogP contribution >= 0.6 is 0 Å². The summed E-state index contributed by atoms with van der Waals surface area (Å²) in [6.07, 6.45) is 4.34. The number of nitrogens with one attached hydrogen (secondary N) is 1. The van der Waals surface area contributed by atoms with Gasteiger partial charge >= 0.3 is 12.0 Å². The van der Waals surface area contributed by atoms with Crippen LogP contribution in [0.1, 0.15) is 32.6 Å². The van der Waals surface area contributed by atoms with E-state index in [1.54, 1.807) is 16.8 Å². The van der Waals surface area contributed by atoms with Crippen molar-refractivity contribution in [2.45, 2.75) is 44.8 Å². The number of rotatable bonds is 5. The Morgan fingerprint density at radius 2 is 2.00 bits per heavy atom. The van der Waals surface area contributed by atoms with E-state index >= 15 is 0 Å². The number of carbonyl (C=O) groups excluding carboxylic acids is 1. The highest BCUT2D eigenvalue weighted by Crippen LogP contribution is 2.23. The SMILES string of the molecule is CC1CCC(NC(=O)N2CCOC(CN(C)CC(=O)O)C2)CC1. The van der Waals surface area contributed by atoms with Gasteiger partial charge in [0.1, 0.15) is 0 Å². The van der Waals surface area contributed by atoms with Crippen molar-refractivity contribution in [2.75, 3.05) is 39.8 Å². The van der Waals surface area contributed by atoms with Crippen LogP contribution < -0.4 is 5.32 Å². The number of aliphatic carboxylic acids is 1. The molecular formula is C16H29N3O4. The second-order valence-corrected chi connectivity index (χ2v) is 6.94. The highest BCUT2D eigenvalue weighted by Gasteiger charge is 2.27. The summed E-state index contributed by atoms with van der Waals surface area (Å²) in [5.41, 5.74) is 0. The molecule has 1 aliphatic carbocycles. The number of ether oxygens (including phenoxy) is 1. The van der Waals surface area contributed by atoms with E-state index in [2.05, 4.69) is 12.2 Å². The van der Waals surface area contributed by atoms with Gasteiger partial charge in [-0.15, -0.1) is 0 Å². The van der Waals surface area contributed by atoms with Crippen LogP contribution in [-0.2, 0) is 9.53 Å². The Morgan fingerprint density at radius 1 is 1.30 bits per heavy atom. The zero-order valence-corrected chi connectivity index (χ0v) is 14.2. The molecule has 1 heterocycles. The van der Waals surface area contributed by atoms with Gasteiger partial charge in [0.05, 0.1) is 19.3 Å². The number of morpholine rings is 1. The molecule has 2 rings (SSSR count). The average molecular weight is 327 g/mol. The lowest BCUT2D eigenvalue weighted by Gasteiger charge is -2.36. The number of likely N-dealkylation sites (N-methyl/N-ethyl adjacent to an activating group) is 1. The van der Waals surface area contributed by atoms with E-state index in [1.165, 1.54) is 12.8 Å². The Labute approximate surface area is 138 Å². The number of hydrogen-bond acceptors (Lipinski definition) is 4. The average Bonchev–Trinajstić information content (AvgIpc) is 2.49. The lowest BCUT2D eigenvalue weighted by atomic mass is 9.87. The van der Waals surface area contributed by atoms with Crippen LogP contribution in [0, 0.1) is 5.92 Å². The van der Waals surface area contributed by atoms with Crippen molar-refractivity contribution in [1.82, 2.24) is 15.1 Å². The summed E-state index contributed by atoms with van der Waals surface area (Å²) in [4.78, 5) is 26.6. The monoisotopic (exact) mass is 327 g/mol. The standard InChI is InChI=1S/C16H29N3O4/c1-12-3-5-13(6-4-12)17-16(22)19-7-8-23-14(10-19)9-18(2)11-15(20)21/h12-14H,3-11H2,1-2H3,(H,17,22)(H,20,21). The Morgan fingerprint density at radius 3 is 2.65 bits per heavy atom. The first-order chi connectivity index (χ1) is 10.9. The molecular weight excluding hydrogens is 298 g/mol. The second-order valence-electron chi connectivity index (χ2n) is 6.94. The molecule has 23 heavy (non-hydrogen) atoms. The summed E-state index contributed by atoms with van der Waals surface area (Å²) in [5.74, 6) is -0.0925. The molecule has 2 amide bonds. The number of hydrogen-bond donors (Lipinski definition) is 2. The third-order valence-electron chi connectivity index (χ3n) is 4.69. The first kappa shape index (κ1) is 18.0. The molecule has 0 bridgehead atoms. The van der Waals surface area contributed by atoms with E-state index in [4.69, 9.17) is 9.84 Å². The molecule has 1 unspecified atom stereocenters. The van der Waals surface area contributed by atoms with Crippen molar-refractivity contribution >= 4 is 12.0 Å². The summed E-state index contributed by atoms with van der Waals surface area (Å²) in [5, 5.41) is 11.9. The van der Waals surface area contributed by atoms with Crippen molar-refractivity contribution in [3.05, 3.63) is 0 Å². The Hall–Kier alpha value is -1.34. The van der Waals surface area contributed by atoms with Crippen LogP contribution in [0.15, 0.2) is 0 Å². The maximum absolute atomic E-state index is 12.4. The molecule has 0 spiro atoms. The maximum Gasteiger partial charge on any atom is 0.317 e. The molecule has 2 aliphatic rings. The minimum Gasteiger partial charge on any atom is -0.480 e. The van der Waals surface area contributed by atoms with Gasteiger partial charge in [-0.2, -0.15) is 0 Å². The van der Waals surface area contributed by atoms with Crippen molar-refractivity contribution in [1.29, 1.82) is 0 Å². The minimum atomic E-state index is -0.857. The first-order valence-electron chi connectivity index (χ1n) is 8.51. The number of urea groups is 1. The lowest BCUT2D eigenvalue weighted by molar-refractivity contribution is -0.138. The first-order valence-corrected chi connectivity index (χ1v) is 8.51. The summed E-state index contributed by atoms with van der Waals surface area (Å²) >= 11 is 0. The normalized spacial score (nSPS) is 28.7. The molecule has 7 heteroatoms. The van der Waals surface area contributed by atoms with Gasteiger partial charge in [-0.05, 0) is 38.6 Å². The molecule has 2 fully saturated rings. The fourth-order valence-corrected chi connectivity index (χ4v) is 3.33. The number of carboxylic acid groups (broad SMARTS) is 1. The van der Waals surface area contributed by atoms with E-state index in [-0.39, 0.29) is 24.7 Å². The van der Waals surface area contributed by atoms with E-state index in [0.29, 0.717) is 26.2 Å². The van der Waals surface area contributed by atoms with Gasteiger partial charge < -0.3 is 20.1 Å². The molecule has 0 aromatic heterocycles. The van der Waals surface area contributed by atoms with Crippen LogP contribution in [0.25, 0.3) is 0 Å². The van der Waals surface area contributed by atoms with Gasteiger partial charge in [0, 0.05) is 25.7 Å². The van der Waals surface area contributed by atoms with Crippen LogP contribution in [0.3, 0.4) is 0 Å². The van der Waals surface area contributed by atoms with Gasteiger partial charge in [-0.3, -0.25) is 9.69 Å². The van der Waals surface area contributed by atoms with E-state index in [0.717, 1.165) is 18.8 Å². The van der Waals surface area contributed by atoms with Crippen LogP contribution in [-0.4, -0.2) is 78.9 Å². The highest BCUT2D eigenvalue weighted by atomic mass is 16.5. The lowest BCUT2D eigenvalue weighted by Crippen LogP contribution is -2.54. The Balaban J connectivity index is 1.76. The van der Waals surface area contributed by atoms with Gasteiger partial charge in [0.2, 0.25) is 0 Å². The molecule has 0 aromatic carbocycles. The van der Waals surface area contributed by atoms with Gasteiger partial charge in [-0.1, -0.05) is 6.92 Å². The smallest absolute Gasteiger partial charge is 0.317 e. The molecule has 7 nitrogen and oxygen atoms in total. The largest absolute Gasteiger partial charge is 0.480 e. The summed E-state index contributed by atoms with van der Waals surface area (Å²) in [6, 6.07) is 0.272. The molecule has 2 N–H and O–H groups in total. The summed E-state index contributed by atoms with van der Waals surface area (Å²) in [7, 11) is 1.75. The fourth-order valence-electron chi connectivity index (χ4n) is 3.33. The third-order valence-corrected chi connectivity index (χ3v) is 4.69. The predicted molar refractivity (Wildman–Crippen MR) is 86.4 cm³/mol. The van der Waals surface area contributed by atoms with E-state index < -0.39 is 5.97 Å². The third kappa shape index (κ3) is 5.99. The zero-order chi connectivity index (χ0) is 16.8. The summed E-state index contributed by atoms with van der Waals surface area (Å²) < 4.78 is 5.66. The van der Waals surface area contributed by atoms with E-state index in [1.807, 2.05) is 0 Å². The second kappa shape index (κ2) is 8.49. The molecule has 1 atom stereocenters. The molecule has 0 aromatic rings. The number of carboxylic acids is 1. The van der Waals surface area contributed by atoms with Crippen LogP contribution in [0.2, 0.25) is 0 Å². The van der Waals surface area contributed by atoms with Gasteiger partial charge in [0.25, 0.3) is 0 Å². The number of carbonyl (C=O) groups is 2. The Kier molecular flexibility index (Phi) is 6.65. The van der Waals surface area contributed by atoms with Gasteiger partial charge in [-0.25, -0.2) is 4.79 Å². The molecule has 1 saturated heterocycles. The number of nitrogens with zero attached hydrogens (tertiary/aromatic N) is 2. The van der Waals surface area contributed by atoms with Crippen molar-refractivity contribution < 1.29 is 19.4 Å². The molecule has 0 radical (unpaired) electrons. The van der Waals surface area contributed by atoms with Crippen molar-refractivity contribution in [2.24, 2.45) is 5.92 Å². The van der Waals surface area contributed by atoms with Crippen molar-refractivity contribution in [3.63, 3.8) is 0 Å². The number of amides is 2. The predicted octanol–water partition coefficient (Wildman–Crippen LogP) is 0.992. The Bertz CT molecular complexity index is 410. The molecule has 1 saturated carbocycles. The van der Waals surface area contributed by atoms with Crippen LogP contribution in [0.5, 0.6) is 0 Å². The molecule has 132 valence electrons. The fraction of sp³-hybridized carbons (Fsp3) is 0.875. The maximum atomic E-state index is 12.4. The minimum absolute atomic E-state index is 0.0151.